The monoisotopic (exact) mass is 305 g/mol. The molecule has 5 heteroatoms. The second-order valence-corrected chi connectivity index (χ2v) is 6.25. The highest BCUT2D eigenvalue weighted by molar-refractivity contribution is 5.81. The quantitative estimate of drug-likeness (QED) is 0.921. The summed E-state index contributed by atoms with van der Waals surface area (Å²) in [6.45, 7) is 3.19. The number of anilines is 1. The first kappa shape index (κ1) is 14.2. The fraction of sp³-hybridized carbons (Fsp3) is 0.389. The summed E-state index contributed by atoms with van der Waals surface area (Å²) < 4.78 is 0. The van der Waals surface area contributed by atoms with Gasteiger partial charge in [0.15, 0.2) is 0 Å². The molecule has 2 atom stereocenters. The first-order valence-corrected chi connectivity index (χ1v) is 8.14. The van der Waals surface area contributed by atoms with Crippen LogP contribution in [-0.2, 0) is 0 Å². The number of hydrogen-bond donors (Lipinski definition) is 1. The van der Waals surface area contributed by atoms with Gasteiger partial charge in [-0.25, -0.2) is 9.97 Å². The summed E-state index contributed by atoms with van der Waals surface area (Å²) in [5, 5.41) is 13.1. The Morgan fingerprint density at radius 2 is 2.22 bits per heavy atom. The van der Waals surface area contributed by atoms with Crippen molar-refractivity contribution in [1.82, 2.24) is 15.3 Å². The zero-order chi connectivity index (χ0) is 15.6. The predicted molar refractivity (Wildman–Crippen MR) is 88.9 cm³/mol. The molecule has 0 radical (unpaired) electrons. The molecule has 0 bridgehead atoms. The lowest BCUT2D eigenvalue weighted by Crippen LogP contribution is -2.44. The Balaban J connectivity index is 1.75. The van der Waals surface area contributed by atoms with Gasteiger partial charge < -0.3 is 10.2 Å². The van der Waals surface area contributed by atoms with E-state index in [1.54, 1.807) is 12.5 Å². The fourth-order valence-electron chi connectivity index (χ4n) is 3.87. The zero-order valence-corrected chi connectivity index (χ0v) is 12.9. The Bertz CT molecular complexity index is 737. The largest absolute Gasteiger partial charge is 0.371 e. The predicted octanol–water partition coefficient (Wildman–Crippen LogP) is 2.20. The molecule has 0 amide bonds. The highest BCUT2D eigenvalue weighted by atomic mass is 15.2. The van der Waals surface area contributed by atoms with Crippen molar-refractivity contribution in [2.24, 2.45) is 5.92 Å². The zero-order valence-electron chi connectivity index (χ0n) is 12.9. The summed E-state index contributed by atoms with van der Waals surface area (Å²) in [6, 6.07) is 10.8. The van der Waals surface area contributed by atoms with Crippen molar-refractivity contribution in [2.45, 2.75) is 18.9 Å². The lowest BCUT2D eigenvalue weighted by atomic mass is 9.91. The van der Waals surface area contributed by atoms with E-state index < -0.39 is 0 Å². The molecule has 2 aliphatic rings. The molecule has 0 saturated carbocycles. The third-order valence-corrected chi connectivity index (χ3v) is 5.00. The molecule has 1 N–H and O–H groups in total. The maximum atomic E-state index is 9.53. The molecular weight excluding hydrogens is 286 g/mol. The molecule has 3 heterocycles. The number of rotatable bonds is 2. The number of aromatic nitrogens is 2. The van der Waals surface area contributed by atoms with E-state index in [-0.39, 0.29) is 0 Å². The van der Waals surface area contributed by atoms with Crippen LogP contribution in [0.5, 0.6) is 0 Å². The van der Waals surface area contributed by atoms with E-state index in [1.165, 1.54) is 6.42 Å². The van der Waals surface area contributed by atoms with E-state index in [1.807, 2.05) is 18.2 Å². The van der Waals surface area contributed by atoms with Gasteiger partial charge in [0.05, 0.1) is 17.3 Å². The van der Waals surface area contributed by atoms with Crippen LogP contribution in [0.4, 0.5) is 5.69 Å². The Morgan fingerprint density at radius 3 is 3.04 bits per heavy atom. The van der Waals surface area contributed by atoms with E-state index in [4.69, 9.17) is 0 Å². The summed E-state index contributed by atoms with van der Waals surface area (Å²) in [5.74, 6) is 0.702. The average Bonchev–Trinajstić information content (AvgIpc) is 3.09. The fourth-order valence-corrected chi connectivity index (χ4v) is 3.87. The van der Waals surface area contributed by atoms with Gasteiger partial charge in [-0.15, -0.1) is 0 Å². The maximum absolute atomic E-state index is 9.53. The van der Waals surface area contributed by atoms with Gasteiger partial charge in [0.1, 0.15) is 6.33 Å². The maximum Gasteiger partial charge on any atom is 0.116 e. The summed E-state index contributed by atoms with van der Waals surface area (Å²) >= 11 is 0. The number of fused-ring (bicyclic) bond motifs is 1. The topological polar surface area (TPSA) is 64.8 Å². The van der Waals surface area contributed by atoms with Crippen LogP contribution >= 0.6 is 0 Å². The molecule has 4 rings (SSSR count). The van der Waals surface area contributed by atoms with Crippen molar-refractivity contribution < 1.29 is 0 Å². The standard InChI is InChI=1S/C18H19N5/c19-10-13-2-1-3-17(18(13)16-5-7-20-12-22-16)23-9-6-15-14(11-23)4-8-21-15/h1-3,5,7,12,14-15,21H,4,6,8-9,11H2. The van der Waals surface area contributed by atoms with Gasteiger partial charge in [-0.2, -0.15) is 5.26 Å². The normalized spacial score (nSPS) is 23.3. The molecule has 116 valence electrons. The highest BCUT2D eigenvalue weighted by Gasteiger charge is 2.33. The van der Waals surface area contributed by atoms with Gasteiger partial charge in [-0.05, 0) is 43.5 Å². The Hall–Kier alpha value is -2.45. The molecule has 2 saturated heterocycles. The van der Waals surface area contributed by atoms with Crippen LogP contribution in [0, 0.1) is 17.2 Å². The third kappa shape index (κ3) is 2.55. The van der Waals surface area contributed by atoms with Crippen LogP contribution in [0.1, 0.15) is 18.4 Å². The smallest absolute Gasteiger partial charge is 0.116 e. The van der Waals surface area contributed by atoms with Gasteiger partial charge in [-0.1, -0.05) is 6.07 Å². The Labute approximate surface area is 136 Å². The first-order chi connectivity index (χ1) is 11.4. The molecule has 1 aromatic carbocycles. The van der Waals surface area contributed by atoms with Crippen molar-refractivity contribution in [2.75, 3.05) is 24.5 Å². The average molecular weight is 305 g/mol. The summed E-state index contributed by atoms with van der Waals surface area (Å²) in [5.41, 5.74) is 3.54. The number of nitrogens with zero attached hydrogens (tertiary/aromatic N) is 4. The second-order valence-electron chi connectivity index (χ2n) is 6.25. The van der Waals surface area contributed by atoms with Crippen LogP contribution in [0.25, 0.3) is 11.3 Å². The van der Waals surface area contributed by atoms with Gasteiger partial charge in [0, 0.05) is 36.6 Å². The minimum absolute atomic E-state index is 0.660. The van der Waals surface area contributed by atoms with Crippen LogP contribution < -0.4 is 10.2 Å². The SMILES string of the molecule is N#Cc1cccc(N2CCC3NCCC3C2)c1-c1ccncn1. The van der Waals surface area contributed by atoms with Crippen LogP contribution in [0.3, 0.4) is 0 Å². The molecule has 2 aliphatic heterocycles. The molecule has 1 aromatic heterocycles. The van der Waals surface area contributed by atoms with E-state index in [2.05, 4.69) is 32.3 Å². The second kappa shape index (κ2) is 5.98. The van der Waals surface area contributed by atoms with E-state index in [9.17, 15) is 5.26 Å². The van der Waals surface area contributed by atoms with Gasteiger partial charge in [-0.3, -0.25) is 0 Å². The Morgan fingerprint density at radius 1 is 1.26 bits per heavy atom. The molecule has 0 spiro atoms. The molecule has 2 fully saturated rings. The van der Waals surface area contributed by atoms with Gasteiger partial charge in [0.2, 0.25) is 0 Å². The Kier molecular flexibility index (Phi) is 3.68. The molecule has 5 nitrogen and oxygen atoms in total. The summed E-state index contributed by atoms with van der Waals surface area (Å²) in [7, 11) is 0. The van der Waals surface area contributed by atoms with Crippen LogP contribution in [0.2, 0.25) is 0 Å². The van der Waals surface area contributed by atoms with Crippen molar-refractivity contribution >= 4 is 5.69 Å². The molecule has 2 aromatic rings. The van der Waals surface area contributed by atoms with E-state index >= 15 is 0 Å². The molecule has 2 unspecified atom stereocenters. The minimum atomic E-state index is 0.660. The van der Waals surface area contributed by atoms with Gasteiger partial charge >= 0.3 is 0 Å². The summed E-state index contributed by atoms with van der Waals surface area (Å²) in [4.78, 5) is 10.8. The van der Waals surface area contributed by atoms with Crippen molar-refractivity contribution in [3.05, 3.63) is 42.4 Å². The molecular formula is C18H19N5. The van der Waals surface area contributed by atoms with E-state index in [0.717, 1.165) is 43.0 Å². The summed E-state index contributed by atoms with van der Waals surface area (Å²) in [6.07, 6.45) is 5.67. The van der Waals surface area contributed by atoms with Crippen molar-refractivity contribution in [3.8, 4) is 17.3 Å². The lowest BCUT2D eigenvalue weighted by molar-refractivity contribution is 0.376. The highest BCUT2D eigenvalue weighted by Crippen LogP contribution is 2.36. The minimum Gasteiger partial charge on any atom is -0.371 e. The number of piperidine rings is 1. The number of nitrogens with one attached hydrogen (secondary N) is 1. The first-order valence-electron chi connectivity index (χ1n) is 8.14. The van der Waals surface area contributed by atoms with Crippen molar-refractivity contribution in [1.29, 1.82) is 5.26 Å². The number of hydrogen-bond acceptors (Lipinski definition) is 5. The van der Waals surface area contributed by atoms with Crippen LogP contribution in [0.15, 0.2) is 36.8 Å². The number of nitriles is 1. The van der Waals surface area contributed by atoms with Crippen molar-refractivity contribution in [3.63, 3.8) is 0 Å². The molecule has 23 heavy (non-hydrogen) atoms. The van der Waals surface area contributed by atoms with E-state index in [0.29, 0.717) is 17.5 Å². The lowest BCUT2D eigenvalue weighted by Gasteiger charge is -2.37. The van der Waals surface area contributed by atoms with Crippen LogP contribution in [-0.4, -0.2) is 35.6 Å². The van der Waals surface area contributed by atoms with Gasteiger partial charge in [0.25, 0.3) is 0 Å². The third-order valence-electron chi connectivity index (χ3n) is 5.00. The number of benzene rings is 1. The molecule has 0 aliphatic carbocycles.